The molecule has 2 rings (SSSR count). The van der Waals surface area contributed by atoms with Crippen LogP contribution >= 0.6 is 11.6 Å². The summed E-state index contributed by atoms with van der Waals surface area (Å²) in [7, 11) is 0. The second kappa shape index (κ2) is 7.23. The van der Waals surface area contributed by atoms with E-state index in [2.05, 4.69) is 0 Å². The van der Waals surface area contributed by atoms with Crippen LogP contribution in [0.1, 0.15) is 37.3 Å². The maximum Gasteiger partial charge on any atom is 0.416 e. The number of carboxylic acid groups (broad SMARTS) is 1. The van der Waals surface area contributed by atoms with Gasteiger partial charge in [0.05, 0.1) is 5.56 Å². The number of carboxylic acids is 1. The Morgan fingerprint density at radius 1 is 1.24 bits per heavy atom. The lowest BCUT2D eigenvalue weighted by Crippen LogP contribution is -2.61. The first-order chi connectivity index (χ1) is 11.6. The third-order valence-electron chi connectivity index (χ3n) is 4.93. The Morgan fingerprint density at radius 2 is 1.80 bits per heavy atom. The molecule has 1 atom stereocenters. The Labute approximate surface area is 148 Å². The van der Waals surface area contributed by atoms with Crippen LogP contribution < -0.4 is 0 Å². The number of halogens is 4. The number of nitrogens with zero attached hydrogens (tertiary/aromatic N) is 1. The first kappa shape index (κ1) is 19.6. The normalized spacial score (nSPS) is 17.5. The van der Waals surface area contributed by atoms with E-state index >= 15 is 0 Å². The summed E-state index contributed by atoms with van der Waals surface area (Å²) in [4.78, 5) is 25.4. The van der Waals surface area contributed by atoms with E-state index in [1.54, 1.807) is 0 Å². The SMILES string of the molecule is C[C@@](C(=O)O)(C1CCC1)N(Cc1ccc(C(F)(F)F)cc1)C(=O)CCl. The van der Waals surface area contributed by atoms with Gasteiger partial charge in [-0.3, -0.25) is 4.79 Å². The number of rotatable bonds is 6. The fourth-order valence-corrected chi connectivity index (χ4v) is 3.19. The zero-order valence-corrected chi connectivity index (χ0v) is 14.4. The fourth-order valence-electron chi connectivity index (χ4n) is 3.05. The molecule has 0 heterocycles. The molecule has 0 saturated heterocycles. The Hall–Kier alpha value is -1.76. The van der Waals surface area contributed by atoms with Gasteiger partial charge in [0.25, 0.3) is 0 Å². The summed E-state index contributed by atoms with van der Waals surface area (Å²) in [5.74, 6) is -2.29. The van der Waals surface area contributed by atoms with Crippen molar-refractivity contribution >= 4 is 23.5 Å². The van der Waals surface area contributed by atoms with Crippen molar-refractivity contribution in [1.29, 1.82) is 0 Å². The molecule has 1 aliphatic carbocycles. The van der Waals surface area contributed by atoms with Crippen LogP contribution in [0, 0.1) is 5.92 Å². The number of carbonyl (C=O) groups excluding carboxylic acids is 1. The molecule has 4 nitrogen and oxygen atoms in total. The van der Waals surface area contributed by atoms with Crippen molar-refractivity contribution in [2.45, 2.75) is 44.4 Å². The quantitative estimate of drug-likeness (QED) is 0.764. The molecule has 1 aromatic carbocycles. The van der Waals surface area contributed by atoms with E-state index in [0.29, 0.717) is 18.4 Å². The number of carbonyl (C=O) groups is 2. The van der Waals surface area contributed by atoms with Crippen LogP contribution in [-0.2, 0) is 22.3 Å². The highest BCUT2D eigenvalue weighted by Gasteiger charge is 2.50. The minimum absolute atomic E-state index is 0.108. The minimum Gasteiger partial charge on any atom is -0.479 e. The van der Waals surface area contributed by atoms with Crippen molar-refractivity contribution in [3.63, 3.8) is 0 Å². The lowest BCUT2D eigenvalue weighted by molar-refractivity contribution is -0.165. The average molecular weight is 378 g/mol. The number of aliphatic carboxylic acids is 1. The van der Waals surface area contributed by atoms with Gasteiger partial charge in [-0.1, -0.05) is 18.6 Å². The van der Waals surface area contributed by atoms with E-state index < -0.39 is 35.0 Å². The van der Waals surface area contributed by atoms with E-state index in [1.165, 1.54) is 24.0 Å². The molecule has 0 spiro atoms. The molecule has 1 amide bonds. The maximum absolute atomic E-state index is 12.7. The molecule has 8 heteroatoms. The number of hydrogen-bond acceptors (Lipinski definition) is 2. The van der Waals surface area contributed by atoms with Gasteiger partial charge in [0.15, 0.2) is 0 Å². The number of alkyl halides is 4. The molecule has 1 aromatic rings. The molecule has 25 heavy (non-hydrogen) atoms. The molecule has 0 radical (unpaired) electrons. The van der Waals surface area contributed by atoms with Gasteiger partial charge < -0.3 is 10.0 Å². The predicted octanol–water partition coefficient (Wildman–Crippen LogP) is 3.92. The van der Waals surface area contributed by atoms with E-state index in [-0.39, 0.29) is 12.5 Å². The second-order valence-electron chi connectivity index (χ2n) is 6.39. The Bertz CT molecular complexity index is 644. The van der Waals surface area contributed by atoms with Gasteiger partial charge in [0.2, 0.25) is 5.91 Å². The standard InChI is InChI=1S/C17H19ClF3NO3/c1-16(15(24)25,12-3-2-4-12)22(14(23)9-18)10-11-5-7-13(8-6-11)17(19,20)21/h5-8,12H,2-4,9-10H2,1H3,(H,24,25)/t16-/m0/s1. The first-order valence-electron chi connectivity index (χ1n) is 7.86. The highest BCUT2D eigenvalue weighted by molar-refractivity contribution is 6.27. The summed E-state index contributed by atoms with van der Waals surface area (Å²) in [6.07, 6.45) is -2.20. The molecule has 1 fully saturated rings. The maximum atomic E-state index is 12.7. The summed E-state index contributed by atoms with van der Waals surface area (Å²) in [5.41, 5.74) is -1.82. The zero-order chi connectivity index (χ0) is 18.8. The zero-order valence-electron chi connectivity index (χ0n) is 13.6. The summed E-state index contributed by atoms with van der Waals surface area (Å²) in [6, 6.07) is 4.33. The highest BCUT2D eigenvalue weighted by Crippen LogP contribution is 2.41. The predicted molar refractivity (Wildman–Crippen MR) is 86.1 cm³/mol. The van der Waals surface area contributed by atoms with Gasteiger partial charge in [-0.25, -0.2) is 4.79 Å². The Balaban J connectivity index is 2.31. The van der Waals surface area contributed by atoms with Crippen LogP contribution in [0.3, 0.4) is 0 Å². The summed E-state index contributed by atoms with van der Waals surface area (Å²) in [6.45, 7) is 1.37. The van der Waals surface area contributed by atoms with Crippen LogP contribution in [0.5, 0.6) is 0 Å². The highest BCUT2D eigenvalue weighted by atomic mass is 35.5. The van der Waals surface area contributed by atoms with Gasteiger partial charge in [-0.2, -0.15) is 13.2 Å². The largest absolute Gasteiger partial charge is 0.479 e. The van der Waals surface area contributed by atoms with Crippen molar-refractivity contribution in [3.05, 3.63) is 35.4 Å². The first-order valence-corrected chi connectivity index (χ1v) is 8.40. The van der Waals surface area contributed by atoms with Gasteiger partial charge in [-0.15, -0.1) is 11.6 Å². The Kier molecular flexibility index (Phi) is 5.66. The molecule has 0 unspecified atom stereocenters. The molecule has 1 saturated carbocycles. The van der Waals surface area contributed by atoms with Gasteiger partial charge in [-0.05, 0) is 43.4 Å². The van der Waals surface area contributed by atoms with Crippen LogP contribution in [0.25, 0.3) is 0 Å². The molecular formula is C17H19ClF3NO3. The van der Waals surface area contributed by atoms with Crippen LogP contribution in [0.2, 0.25) is 0 Å². The molecular weight excluding hydrogens is 359 g/mol. The molecule has 1 N–H and O–H groups in total. The topological polar surface area (TPSA) is 57.6 Å². The van der Waals surface area contributed by atoms with Gasteiger partial charge in [0.1, 0.15) is 11.4 Å². The van der Waals surface area contributed by atoms with Crippen molar-refractivity contribution in [2.24, 2.45) is 5.92 Å². The number of amides is 1. The summed E-state index contributed by atoms with van der Waals surface area (Å²) >= 11 is 5.64. The lowest BCUT2D eigenvalue weighted by atomic mass is 9.70. The summed E-state index contributed by atoms with van der Waals surface area (Å²) < 4.78 is 38.0. The second-order valence-corrected chi connectivity index (χ2v) is 6.66. The molecule has 0 aromatic heterocycles. The third kappa shape index (κ3) is 3.92. The van der Waals surface area contributed by atoms with Crippen molar-refractivity contribution in [3.8, 4) is 0 Å². The molecule has 1 aliphatic rings. The van der Waals surface area contributed by atoms with Gasteiger partial charge >= 0.3 is 12.1 Å². The lowest BCUT2D eigenvalue weighted by Gasteiger charge is -2.47. The van der Waals surface area contributed by atoms with E-state index in [4.69, 9.17) is 11.6 Å². The molecule has 0 aliphatic heterocycles. The monoisotopic (exact) mass is 377 g/mol. The van der Waals surface area contributed by atoms with Crippen LogP contribution in [0.4, 0.5) is 13.2 Å². The fraction of sp³-hybridized carbons (Fsp3) is 0.529. The van der Waals surface area contributed by atoms with Crippen LogP contribution in [0.15, 0.2) is 24.3 Å². The smallest absolute Gasteiger partial charge is 0.416 e. The average Bonchev–Trinajstić information content (AvgIpc) is 2.49. The minimum atomic E-state index is -4.45. The van der Waals surface area contributed by atoms with E-state index in [1.807, 2.05) is 0 Å². The van der Waals surface area contributed by atoms with Crippen molar-refractivity contribution in [2.75, 3.05) is 5.88 Å². The molecule has 0 bridgehead atoms. The third-order valence-corrected chi connectivity index (χ3v) is 5.16. The van der Waals surface area contributed by atoms with Gasteiger partial charge in [0, 0.05) is 6.54 Å². The van der Waals surface area contributed by atoms with Crippen molar-refractivity contribution in [1.82, 2.24) is 4.90 Å². The van der Waals surface area contributed by atoms with E-state index in [9.17, 15) is 27.9 Å². The van der Waals surface area contributed by atoms with E-state index in [0.717, 1.165) is 18.6 Å². The number of benzene rings is 1. The Morgan fingerprint density at radius 3 is 2.16 bits per heavy atom. The number of hydrogen-bond donors (Lipinski definition) is 1. The summed E-state index contributed by atoms with van der Waals surface area (Å²) in [5, 5.41) is 9.73. The van der Waals surface area contributed by atoms with Crippen LogP contribution in [-0.4, -0.2) is 33.3 Å². The van der Waals surface area contributed by atoms with Crippen molar-refractivity contribution < 1.29 is 27.9 Å². The molecule has 138 valence electrons.